The Morgan fingerprint density at radius 1 is 1.26 bits per heavy atom. The molecule has 1 aliphatic rings. The molecular formula is C27H33ClO5S. The smallest absolute Gasteiger partial charge is 0.303 e. The van der Waals surface area contributed by atoms with Crippen LogP contribution in [0.1, 0.15) is 50.8 Å². The number of carboxylic acid groups (broad SMARTS) is 1. The van der Waals surface area contributed by atoms with Crippen LogP contribution in [0.5, 0.6) is 0 Å². The van der Waals surface area contributed by atoms with Crippen LogP contribution in [0.2, 0.25) is 5.02 Å². The average molecular weight is 505 g/mol. The Kier molecular flexibility index (Phi) is 9.10. The van der Waals surface area contributed by atoms with Crippen molar-refractivity contribution < 1.29 is 24.9 Å². The van der Waals surface area contributed by atoms with Gasteiger partial charge in [-0.3, -0.25) is 9.59 Å². The van der Waals surface area contributed by atoms with Gasteiger partial charge in [-0.2, -0.15) is 0 Å². The maximum atomic E-state index is 13.0. The number of carbonyl (C=O) groups excluding carboxylic acids is 1. The summed E-state index contributed by atoms with van der Waals surface area (Å²) < 4.78 is 1.13. The summed E-state index contributed by atoms with van der Waals surface area (Å²) in [6.07, 6.45) is 8.68. The summed E-state index contributed by atoms with van der Waals surface area (Å²) >= 11 is 8.14. The molecule has 5 nitrogen and oxygen atoms in total. The van der Waals surface area contributed by atoms with Crippen molar-refractivity contribution in [3.8, 4) is 0 Å². The summed E-state index contributed by atoms with van der Waals surface area (Å²) in [6, 6.07) is 7.97. The maximum absolute atomic E-state index is 13.0. The van der Waals surface area contributed by atoms with Crippen LogP contribution in [-0.2, 0) is 16.0 Å². The first kappa shape index (κ1) is 26.6. The van der Waals surface area contributed by atoms with E-state index in [9.17, 15) is 19.8 Å². The van der Waals surface area contributed by atoms with Crippen LogP contribution in [0.4, 0.5) is 0 Å². The van der Waals surface area contributed by atoms with Gasteiger partial charge in [-0.25, -0.2) is 0 Å². The minimum absolute atomic E-state index is 0.0105. The second-order valence-corrected chi connectivity index (χ2v) is 11.0. The number of fused-ring (bicyclic) bond motifs is 1. The number of carboxylic acids is 1. The molecule has 4 atom stereocenters. The van der Waals surface area contributed by atoms with Gasteiger partial charge in [-0.15, -0.1) is 11.3 Å². The van der Waals surface area contributed by atoms with E-state index in [0.29, 0.717) is 32.1 Å². The van der Waals surface area contributed by atoms with Crippen molar-refractivity contribution in [1.29, 1.82) is 0 Å². The molecule has 1 aliphatic carbocycles. The minimum atomic E-state index is -0.855. The second kappa shape index (κ2) is 11.6. The molecule has 1 aromatic carbocycles. The number of hydrogen-bond acceptors (Lipinski definition) is 5. The molecule has 7 heteroatoms. The Morgan fingerprint density at radius 2 is 2.00 bits per heavy atom. The molecule has 0 aliphatic heterocycles. The Balaban J connectivity index is 1.61. The number of aliphatic hydroxyl groups excluding tert-OH is 2. The Hall–Kier alpha value is -1.99. The fourth-order valence-electron chi connectivity index (χ4n) is 4.59. The lowest BCUT2D eigenvalue weighted by Crippen LogP contribution is -2.31. The van der Waals surface area contributed by atoms with E-state index >= 15 is 0 Å². The number of benzene rings is 1. The quantitative estimate of drug-likeness (QED) is 0.265. The third kappa shape index (κ3) is 6.16. The first-order chi connectivity index (χ1) is 16.1. The topological polar surface area (TPSA) is 94.8 Å². The van der Waals surface area contributed by atoms with Crippen molar-refractivity contribution in [3.63, 3.8) is 0 Å². The maximum Gasteiger partial charge on any atom is 0.303 e. The summed E-state index contributed by atoms with van der Waals surface area (Å²) in [5, 5.41) is 31.9. The van der Waals surface area contributed by atoms with Gasteiger partial charge in [-0.05, 0) is 38.2 Å². The number of unbranched alkanes of at least 4 members (excludes halogenated alkanes) is 1. The molecule has 1 fully saturated rings. The zero-order chi connectivity index (χ0) is 24.9. The second-order valence-electron chi connectivity index (χ2n) is 9.53. The van der Waals surface area contributed by atoms with E-state index in [2.05, 4.69) is 0 Å². The van der Waals surface area contributed by atoms with Gasteiger partial charge in [0, 0.05) is 33.2 Å². The van der Waals surface area contributed by atoms with Crippen LogP contribution < -0.4 is 0 Å². The van der Waals surface area contributed by atoms with Crippen molar-refractivity contribution in [2.45, 2.75) is 64.6 Å². The number of thiophene rings is 1. The summed E-state index contributed by atoms with van der Waals surface area (Å²) in [5.41, 5.74) is -0.855. The van der Waals surface area contributed by atoms with Crippen molar-refractivity contribution in [2.24, 2.45) is 17.3 Å². The lowest BCUT2D eigenvalue weighted by atomic mass is 9.86. The monoisotopic (exact) mass is 504 g/mol. The summed E-state index contributed by atoms with van der Waals surface area (Å²) in [7, 11) is 0. The Bertz CT molecular complexity index is 1070. The van der Waals surface area contributed by atoms with Gasteiger partial charge < -0.3 is 15.3 Å². The molecule has 184 valence electrons. The highest BCUT2D eigenvalue weighted by molar-refractivity contribution is 7.19. The standard InChI is InChI=1S/C27H33ClO5S/c1-27(2)25(32)18(9-5-3-4-6-12-23(30)31)19(26(27)33)15-13-17(29)14-16-22-24(28)20-10-7-8-11-21(20)34-22/h3,5,7-8,10-11,13,15,17-19,26,29,33H,4,6,9,12,14,16H2,1-2H3,(H,30,31)/t17-,18+,19-,26-/m0/s1. The van der Waals surface area contributed by atoms with Crippen molar-refractivity contribution >= 4 is 44.8 Å². The summed E-state index contributed by atoms with van der Waals surface area (Å²) in [6.45, 7) is 3.52. The summed E-state index contributed by atoms with van der Waals surface area (Å²) in [4.78, 5) is 24.6. The minimum Gasteiger partial charge on any atom is -0.481 e. The number of rotatable bonds is 11. The fourth-order valence-corrected chi connectivity index (χ4v) is 6.13. The molecule has 1 saturated carbocycles. The number of halogens is 1. The average Bonchev–Trinajstić information content (AvgIpc) is 3.20. The van der Waals surface area contributed by atoms with E-state index < -0.39 is 23.6 Å². The van der Waals surface area contributed by atoms with E-state index in [1.807, 2.05) is 36.4 Å². The lowest BCUT2D eigenvalue weighted by molar-refractivity contribution is -0.137. The molecule has 0 unspecified atom stereocenters. The largest absolute Gasteiger partial charge is 0.481 e. The third-order valence-electron chi connectivity index (χ3n) is 6.68. The van der Waals surface area contributed by atoms with Gasteiger partial charge in [0.05, 0.1) is 22.6 Å². The molecule has 0 amide bonds. The Labute approximate surface area is 209 Å². The van der Waals surface area contributed by atoms with E-state index in [4.69, 9.17) is 16.7 Å². The number of aliphatic carboxylic acids is 1. The number of aliphatic hydroxyl groups is 2. The molecule has 0 spiro atoms. The number of allylic oxidation sites excluding steroid dienone is 2. The van der Waals surface area contributed by atoms with E-state index in [0.717, 1.165) is 20.0 Å². The normalized spacial score (nSPS) is 23.4. The van der Waals surface area contributed by atoms with Gasteiger partial charge in [0.15, 0.2) is 0 Å². The van der Waals surface area contributed by atoms with Crippen molar-refractivity contribution in [3.05, 3.63) is 58.5 Å². The van der Waals surface area contributed by atoms with E-state index in [1.54, 1.807) is 37.3 Å². The number of hydrogen-bond donors (Lipinski definition) is 3. The van der Waals surface area contributed by atoms with Gasteiger partial charge in [0.1, 0.15) is 5.78 Å². The highest BCUT2D eigenvalue weighted by Gasteiger charge is 2.52. The SMILES string of the molecule is CC1(C)C(=O)[C@H](CC=CCCCC(=O)O)[C@H](C=C[C@H](O)CCc2sc3ccccc3c2Cl)[C@@H]1O. The van der Waals surface area contributed by atoms with Crippen LogP contribution in [0.25, 0.3) is 10.1 Å². The lowest BCUT2D eigenvalue weighted by Gasteiger charge is -2.22. The first-order valence-corrected chi connectivity index (χ1v) is 12.9. The van der Waals surface area contributed by atoms with Crippen LogP contribution in [0, 0.1) is 17.3 Å². The number of ketones is 1. The molecule has 0 saturated heterocycles. The third-order valence-corrected chi connectivity index (χ3v) is 8.46. The van der Waals surface area contributed by atoms with Gasteiger partial charge >= 0.3 is 5.97 Å². The molecule has 2 aromatic rings. The van der Waals surface area contributed by atoms with Crippen LogP contribution in [0.15, 0.2) is 48.6 Å². The molecular weight excluding hydrogens is 472 g/mol. The molecule has 3 rings (SSSR count). The fraction of sp³-hybridized carbons (Fsp3) is 0.481. The molecule has 1 aromatic heterocycles. The highest BCUT2D eigenvalue weighted by Crippen LogP contribution is 2.45. The van der Waals surface area contributed by atoms with E-state index in [1.165, 1.54) is 0 Å². The summed E-state index contributed by atoms with van der Waals surface area (Å²) in [5.74, 6) is -1.56. The zero-order valence-corrected chi connectivity index (χ0v) is 21.2. The van der Waals surface area contributed by atoms with Crippen molar-refractivity contribution in [2.75, 3.05) is 0 Å². The molecule has 3 N–H and O–H groups in total. The predicted molar refractivity (Wildman–Crippen MR) is 137 cm³/mol. The van der Waals surface area contributed by atoms with Gasteiger partial charge in [-0.1, -0.05) is 68.0 Å². The van der Waals surface area contributed by atoms with Crippen molar-refractivity contribution in [1.82, 2.24) is 0 Å². The molecule has 0 bridgehead atoms. The van der Waals surface area contributed by atoms with Crippen LogP contribution in [-0.4, -0.2) is 39.3 Å². The van der Waals surface area contributed by atoms with E-state index in [-0.39, 0.29) is 24.0 Å². The van der Waals surface area contributed by atoms with Gasteiger partial charge in [0.2, 0.25) is 0 Å². The number of carbonyl (C=O) groups is 2. The highest BCUT2D eigenvalue weighted by atomic mass is 35.5. The first-order valence-electron chi connectivity index (χ1n) is 11.7. The molecule has 34 heavy (non-hydrogen) atoms. The van der Waals surface area contributed by atoms with Crippen LogP contribution in [0.3, 0.4) is 0 Å². The van der Waals surface area contributed by atoms with Crippen LogP contribution >= 0.6 is 22.9 Å². The predicted octanol–water partition coefficient (Wildman–Crippen LogP) is 5.81. The van der Waals surface area contributed by atoms with Gasteiger partial charge in [0.25, 0.3) is 0 Å². The zero-order valence-electron chi connectivity index (χ0n) is 19.6. The number of Topliss-reactive ketones (excluding diaryl/α,β-unsaturated/α-hetero) is 1. The molecule has 1 heterocycles. The Morgan fingerprint density at radius 3 is 2.71 bits per heavy atom. The molecule has 0 radical (unpaired) electrons. The number of aryl methyl sites for hydroxylation is 1.